The summed E-state index contributed by atoms with van der Waals surface area (Å²) in [6.07, 6.45) is 1.83. The molecule has 156 valence electrons. The molecule has 1 aliphatic heterocycles. The van der Waals surface area contributed by atoms with Gasteiger partial charge >= 0.3 is 0 Å². The van der Waals surface area contributed by atoms with Crippen molar-refractivity contribution in [2.45, 2.75) is 38.5 Å². The minimum absolute atomic E-state index is 0.0997. The molecule has 0 aromatic heterocycles. The normalized spacial score (nSPS) is 20.4. The van der Waals surface area contributed by atoms with Crippen LogP contribution in [0.1, 0.15) is 43.1 Å². The van der Waals surface area contributed by atoms with E-state index in [2.05, 4.69) is 5.32 Å². The third-order valence-electron chi connectivity index (χ3n) is 5.27. The summed E-state index contributed by atoms with van der Waals surface area (Å²) in [5, 5.41) is 2.73. The van der Waals surface area contributed by atoms with E-state index in [9.17, 15) is 17.6 Å². The van der Waals surface area contributed by atoms with Crippen LogP contribution in [-0.4, -0.2) is 31.7 Å². The zero-order valence-corrected chi connectivity index (χ0v) is 17.8. The number of amides is 1. The maximum absolute atomic E-state index is 14.5. The Balaban J connectivity index is 1.85. The number of rotatable bonds is 5. The second-order valence-corrected chi connectivity index (χ2v) is 9.82. The van der Waals surface area contributed by atoms with Gasteiger partial charge in [0.25, 0.3) is 5.91 Å². The SMILES string of the molecule is CCc1ccc(NC(=O)c2ccc(F)c(S(=O)(=O)N3C[C@H](C)C[C@H](C)C3)c2)cc1. The first-order chi connectivity index (χ1) is 13.7. The molecule has 0 bridgehead atoms. The Hall–Kier alpha value is -2.25. The van der Waals surface area contributed by atoms with Crippen LogP contribution in [0.5, 0.6) is 0 Å². The van der Waals surface area contributed by atoms with Gasteiger partial charge in [-0.1, -0.05) is 32.9 Å². The molecule has 0 unspecified atom stereocenters. The number of hydrogen-bond donors (Lipinski definition) is 1. The van der Waals surface area contributed by atoms with E-state index in [1.807, 2.05) is 32.9 Å². The molecule has 1 aliphatic rings. The molecule has 1 amide bonds. The van der Waals surface area contributed by atoms with Gasteiger partial charge in [-0.05, 0) is 60.6 Å². The van der Waals surface area contributed by atoms with Crippen LogP contribution < -0.4 is 5.32 Å². The van der Waals surface area contributed by atoms with Crippen LogP contribution in [0.25, 0.3) is 0 Å². The molecule has 2 aromatic rings. The highest BCUT2D eigenvalue weighted by Gasteiger charge is 2.33. The maximum Gasteiger partial charge on any atom is 0.255 e. The van der Waals surface area contributed by atoms with Crippen molar-refractivity contribution in [3.8, 4) is 0 Å². The van der Waals surface area contributed by atoms with Gasteiger partial charge in [-0.2, -0.15) is 4.31 Å². The van der Waals surface area contributed by atoms with E-state index < -0.39 is 26.6 Å². The summed E-state index contributed by atoms with van der Waals surface area (Å²) in [6, 6.07) is 10.9. The van der Waals surface area contributed by atoms with E-state index in [0.29, 0.717) is 18.8 Å². The highest BCUT2D eigenvalue weighted by atomic mass is 32.2. The average Bonchev–Trinajstić information content (AvgIpc) is 2.68. The van der Waals surface area contributed by atoms with Crippen LogP contribution in [0, 0.1) is 17.7 Å². The summed E-state index contributed by atoms with van der Waals surface area (Å²) in [6.45, 7) is 6.72. The number of hydrogen-bond acceptors (Lipinski definition) is 3. The van der Waals surface area contributed by atoms with E-state index in [1.165, 1.54) is 10.4 Å². The molecule has 7 heteroatoms. The Morgan fingerprint density at radius 3 is 2.31 bits per heavy atom. The first-order valence-corrected chi connectivity index (χ1v) is 11.3. The van der Waals surface area contributed by atoms with Crippen molar-refractivity contribution in [3.05, 3.63) is 59.4 Å². The van der Waals surface area contributed by atoms with E-state index in [4.69, 9.17) is 0 Å². The van der Waals surface area contributed by atoms with Gasteiger partial charge in [0.1, 0.15) is 10.7 Å². The molecule has 2 atom stereocenters. The number of carbonyl (C=O) groups excluding carboxylic acids is 1. The van der Waals surface area contributed by atoms with Gasteiger partial charge in [0.2, 0.25) is 10.0 Å². The number of benzene rings is 2. The Labute approximate surface area is 172 Å². The highest BCUT2D eigenvalue weighted by Crippen LogP contribution is 2.28. The quantitative estimate of drug-likeness (QED) is 0.787. The Morgan fingerprint density at radius 1 is 1.10 bits per heavy atom. The lowest BCUT2D eigenvalue weighted by Gasteiger charge is -2.34. The van der Waals surface area contributed by atoms with Gasteiger partial charge in [0.15, 0.2) is 0 Å². The van der Waals surface area contributed by atoms with Crippen molar-refractivity contribution >= 4 is 21.6 Å². The largest absolute Gasteiger partial charge is 0.322 e. The Bertz CT molecular complexity index is 980. The number of halogens is 1. The summed E-state index contributed by atoms with van der Waals surface area (Å²) in [7, 11) is -4.02. The topological polar surface area (TPSA) is 66.5 Å². The number of piperidine rings is 1. The van der Waals surface area contributed by atoms with E-state index >= 15 is 0 Å². The highest BCUT2D eigenvalue weighted by molar-refractivity contribution is 7.89. The lowest BCUT2D eigenvalue weighted by Crippen LogP contribution is -2.42. The summed E-state index contributed by atoms with van der Waals surface area (Å²) in [5.41, 5.74) is 1.84. The molecule has 1 fully saturated rings. The molecule has 29 heavy (non-hydrogen) atoms. The zero-order valence-electron chi connectivity index (χ0n) is 17.0. The molecule has 5 nitrogen and oxygen atoms in total. The monoisotopic (exact) mass is 418 g/mol. The van der Waals surface area contributed by atoms with Crippen molar-refractivity contribution in [2.75, 3.05) is 18.4 Å². The minimum Gasteiger partial charge on any atom is -0.322 e. The molecule has 3 rings (SSSR count). The lowest BCUT2D eigenvalue weighted by atomic mass is 9.94. The van der Waals surface area contributed by atoms with Gasteiger partial charge in [-0.25, -0.2) is 12.8 Å². The van der Waals surface area contributed by atoms with Crippen LogP contribution in [0.2, 0.25) is 0 Å². The fourth-order valence-electron chi connectivity index (χ4n) is 3.81. The second kappa shape index (κ2) is 8.63. The molecule has 1 heterocycles. The fraction of sp³-hybridized carbons (Fsp3) is 0.409. The van der Waals surface area contributed by atoms with Crippen molar-refractivity contribution < 1.29 is 17.6 Å². The van der Waals surface area contributed by atoms with Crippen molar-refractivity contribution in [1.82, 2.24) is 4.31 Å². The van der Waals surface area contributed by atoms with Crippen LogP contribution in [-0.2, 0) is 16.4 Å². The Morgan fingerprint density at radius 2 is 1.72 bits per heavy atom. The first-order valence-electron chi connectivity index (χ1n) is 9.90. The molecule has 1 saturated heterocycles. The van der Waals surface area contributed by atoms with Crippen LogP contribution in [0.15, 0.2) is 47.4 Å². The maximum atomic E-state index is 14.5. The Kier molecular flexibility index (Phi) is 6.39. The number of anilines is 1. The molecule has 0 saturated carbocycles. The van der Waals surface area contributed by atoms with Crippen LogP contribution in [0.3, 0.4) is 0 Å². The van der Waals surface area contributed by atoms with Crippen molar-refractivity contribution in [3.63, 3.8) is 0 Å². The summed E-state index contributed by atoms with van der Waals surface area (Å²) < 4.78 is 41.9. The van der Waals surface area contributed by atoms with Gasteiger partial charge in [-0.3, -0.25) is 4.79 Å². The van der Waals surface area contributed by atoms with Gasteiger partial charge in [0.05, 0.1) is 0 Å². The fourth-order valence-corrected chi connectivity index (χ4v) is 5.58. The summed E-state index contributed by atoms with van der Waals surface area (Å²) >= 11 is 0. The van der Waals surface area contributed by atoms with Gasteiger partial charge in [-0.15, -0.1) is 0 Å². The number of nitrogens with one attached hydrogen (secondary N) is 1. The summed E-state index contributed by atoms with van der Waals surface area (Å²) in [4.78, 5) is 12.1. The third kappa shape index (κ3) is 4.85. The predicted molar refractivity (Wildman–Crippen MR) is 112 cm³/mol. The number of aryl methyl sites for hydroxylation is 1. The van der Waals surface area contributed by atoms with Crippen LogP contribution >= 0.6 is 0 Å². The molecule has 0 spiro atoms. The van der Waals surface area contributed by atoms with Crippen molar-refractivity contribution in [1.29, 1.82) is 0 Å². The molecule has 0 aliphatic carbocycles. The average molecular weight is 419 g/mol. The minimum atomic E-state index is -4.02. The molecule has 0 radical (unpaired) electrons. The van der Waals surface area contributed by atoms with E-state index in [1.54, 1.807) is 12.1 Å². The van der Waals surface area contributed by atoms with Gasteiger partial charge < -0.3 is 5.32 Å². The molecular weight excluding hydrogens is 391 g/mol. The van der Waals surface area contributed by atoms with E-state index in [0.717, 1.165) is 30.5 Å². The van der Waals surface area contributed by atoms with E-state index in [-0.39, 0.29) is 17.4 Å². The zero-order chi connectivity index (χ0) is 21.2. The molecular formula is C22H27FN2O3S. The smallest absolute Gasteiger partial charge is 0.255 e. The second-order valence-electron chi connectivity index (χ2n) is 7.92. The number of sulfonamides is 1. The number of carbonyl (C=O) groups is 1. The van der Waals surface area contributed by atoms with Gasteiger partial charge in [0, 0.05) is 24.3 Å². The third-order valence-corrected chi connectivity index (χ3v) is 7.11. The summed E-state index contributed by atoms with van der Waals surface area (Å²) in [5.74, 6) is -0.922. The standard InChI is InChI=1S/C22H27FN2O3S/c1-4-17-5-8-19(9-6-17)24-22(26)18-7-10-20(23)21(12-18)29(27,28)25-13-15(2)11-16(3)14-25/h5-10,12,15-16H,4,11,13-14H2,1-3H3,(H,24,26)/t15-,16+. The molecule has 1 N–H and O–H groups in total. The predicted octanol–water partition coefficient (Wildman–Crippen LogP) is 4.31. The molecule has 2 aromatic carbocycles. The van der Waals surface area contributed by atoms with Crippen LogP contribution in [0.4, 0.5) is 10.1 Å². The van der Waals surface area contributed by atoms with Crippen molar-refractivity contribution in [2.24, 2.45) is 11.8 Å². The lowest BCUT2D eigenvalue weighted by molar-refractivity contribution is 0.102. The first kappa shape index (κ1) is 21.5. The number of nitrogens with zero attached hydrogens (tertiary/aromatic N) is 1.